The minimum Gasteiger partial charge on any atom is -0.550 e. The van der Waals surface area contributed by atoms with Gasteiger partial charge in [0, 0.05) is 30.1 Å². The standard InChI is InChI=1S/C29H33ClFN3O4.Na/c1-2-3-7-24(19-8-10-20(11-9-19)27(37)32-17-14-25(35)36)34-28(38)26(21-12-13-23(31)22(30)18-21)33-29(34)15-5-4-6-16-29;/h8-13,18,24H,2-7,14-17H2,1H3,(H,32,37)(H,35,36);/q;+1/p-1/t24-;/m1./s1. The van der Waals surface area contributed by atoms with Crippen molar-refractivity contribution in [2.75, 3.05) is 6.54 Å². The van der Waals surface area contributed by atoms with E-state index in [2.05, 4.69) is 12.2 Å². The molecule has 1 fully saturated rings. The molecule has 0 aromatic heterocycles. The van der Waals surface area contributed by atoms with Crippen molar-refractivity contribution in [1.82, 2.24) is 10.2 Å². The van der Waals surface area contributed by atoms with Crippen LogP contribution in [0.1, 0.15) is 92.2 Å². The van der Waals surface area contributed by atoms with Crippen molar-refractivity contribution in [3.05, 3.63) is 70.0 Å². The van der Waals surface area contributed by atoms with Gasteiger partial charge in [0.15, 0.2) is 0 Å². The van der Waals surface area contributed by atoms with E-state index >= 15 is 0 Å². The maximum Gasteiger partial charge on any atom is 1.00 e. The Morgan fingerprint density at radius 2 is 1.85 bits per heavy atom. The van der Waals surface area contributed by atoms with Gasteiger partial charge in [-0.25, -0.2) is 4.39 Å². The molecule has 1 N–H and O–H groups in total. The largest absolute Gasteiger partial charge is 1.00 e. The quantitative estimate of drug-likeness (QED) is 0.443. The van der Waals surface area contributed by atoms with E-state index in [1.54, 1.807) is 18.2 Å². The van der Waals surface area contributed by atoms with Crippen molar-refractivity contribution in [3.63, 3.8) is 0 Å². The molecule has 2 aromatic rings. The van der Waals surface area contributed by atoms with Gasteiger partial charge >= 0.3 is 29.6 Å². The number of unbranched alkanes of at least 4 members (excludes halogenated alkanes) is 1. The number of carboxylic acids is 1. The van der Waals surface area contributed by atoms with E-state index in [0.29, 0.717) is 16.8 Å². The van der Waals surface area contributed by atoms with Crippen LogP contribution in [0.25, 0.3) is 0 Å². The summed E-state index contributed by atoms with van der Waals surface area (Å²) in [6.45, 7) is 2.09. The fraction of sp³-hybridized carbons (Fsp3) is 0.448. The number of nitrogens with zero attached hydrogens (tertiary/aromatic N) is 2. The number of nitrogens with one attached hydrogen (secondary N) is 1. The monoisotopic (exact) mass is 563 g/mol. The van der Waals surface area contributed by atoms with Crippen molar-refractivity contribution < 1.29 is 53.4 Å². The Bertz CT molecular complexity index is 1230. The second-order valence-corrected chi connectivity index (χ2v) is 10.4. The van der Waals surface area contributed by atoms with E-state index in [1.165, 1.54) is 12.1 Å². The Hall–Kier alpha value is -2.26. The number of carboxylic acid groups (broad SMARTS) is 1. The van der Waals surface area contributed by atoms with Crippen LogP contribution < -0.4 is 40.0 Å². The molecule has 0 saturated heterocycles. The number of benzene rings is 2. The van der Waals surface area contributed by atoms with Gasteiger partial charge in [-0.05, 0) is 68.0 Å². The van der Waals surface area contributed by atoms with Crippen LogP contribution in [-0.2, 0) is 9.59 Å². The van der Waals surface area contributed by atoms with Crippen LogP contribution in [0.2, 0.25) is 5.02 Å². The first-order valence-electron chi connectivity index (χ1n) is 13.2. The third kappa shape index (κ3) is 7.09. The number of carbonyl (C=O) groups excluding carboxylic acids is 3. The van der Waals surface area contributed by atoms with Crippen LogP contribution in [-0.4, -0.2) is 40.6 Å². The maximum absolute atomic E-state index is 14.0. The second-order valence-electron chi connectivity index (χ2n) is 9.97. The van der Waals surface area contributed by atoms with Crippen LogP contribution in [0.5, 0.6) is 0 Å². The molecule has 1 heterocycles. The molecule has 4 rings (SSSR count). The van der Waals surface area contributed by atoms with Crippen molar-refractivity contribution in [2.45, 2.75) is 76.4 Å². The molecule has 7 nitrogen and oxygen atoms in total. The van der Waals surface area contributed by atoms with E-state index < -0.39 is 17.4 Å². The maximum atomic E-state index is 14.0. The van der Waals surface area contributed by atoms with Gasteiger partial charge in [-0.2, -0.15) is 0 Å². The van der Waals surface area contributed by atoms with Gasteiger partial charge < -0.3 is 20.1 Å². The first kappa shape index (κ1) is 31.3. The SMILES string of the molecule is CCCC[C@H](c1ccc(C(=O)NCCC(=O)[O-])cc1)N1C(=O)C(c2ccc(F)c(Cl)c2)=NC12CCCCC2.[Na+]. The van der Waals surface area contributed by atoms with Crippen LogP contribution in [0, 0.1) is 5.82 Å². The Balaban J connectivity index is 0.00000420. The summed E-state index contributed by atoms with van der Waals surface area (Å²) in [5.41, 5.74) is 1.44. The summed E-state index contributed by atoms with van der Waals surface area (Å²) in [5, 5.41) is 13.1. The van der Waals surface area contributed by atoms with Crippen LogP contribution in [0.15, 0.2) is 47.5 Å². The summed E-state index contributed by atoms with van der Waals surface area (Å²) >= 11 is 6.05. The van der Waals surface area contributed by atoms with E-state index in [1.807, 2.05) is 17.0 Å². The Morgan fingerprint density at radius 3 is 2.46 bits per heavy atom. The number of carbonyl (C=O) groups is 3. The predicted octanol–water partition coefficient (Wildman–Crippen LogP) is 1.58. The summed E-state index contributed by atoms with van der Waals surface area (Å²) in [7, 11) is 0. The summed E-state index contributed by atoms with van der Waals surface area (Å²) < 4.78 is 13.9. The fourth-order valence-corrected chi connectivity index (χ4v) is 5.61. The van der Waals surface area contributed by atoms with Crippen molar-refractivity contribution in [1.29, 1.82) is 0 Å². The zero-order valence-electron chi connectivity index (χ0n) is 22.5. The van der Waals surface area contributed by atoms with Gasteiger partial charge in [0.2, 0.25) is 0 Å². The topological polar surface area (TPSA) is 102 Å². The number of hydrogen-bond acceptors (Lipinski definition) is 5. The summed E-state index contributed by atoms with van der Waals surface area (Å²) in [4.78, 5) is 44.0. The third-order valence-corrected chi connectivity index (χ3v) is 7.64. The van der Waals surface area contributed by atoms with Gasteiger partial charge in [-0.1, -0.05) is 49.9 Å². The molecule has 2 amide bonds. The number of hydrogen-bond donors (Lipinski definition) is 1. The van der Waals surface area contributed by atoms with Crippen LogP contribution >= 0.6 is 11.6 Å². The summed E-state index contributed by atoms with van der Waals surface area (Å²) in [5.74, 6) is -2.34. The van der Waals surface area contributed by atoms with Crippen molar-refractivity contribution >= 4 is 35.1 Å². The Labute approximate surface area is 255 Å². The molecule has 39 heavy (non-hydrogen) atoms. The second kappa shape index (κ2) is 13.9. The first-order chi connectivity index (χ1) is 18.3. The zero-order chi connectivity index (χ0) is 27.3. The molecule has 1 atom stereocenters. The molecule has 1 saturated carbocycles. The number of rotatable bonds is 10. The predicted molar refractivity (Wildman–Crippen MR) is 141 cm³/mol. The minimum atomic E-state index is -1.23. The van der Waals surface area contributed by atoms with E-state index in [9.17, 15) is 23.9 Å². The van der Waals surface area contributed by atoms with Gasteiger partial charge in [0.25, 0.3) is 11.8 Å². The zero-order valence-corrected chi connectivity index (χ0v) is 25.2. The molecule has 2 aromatic carbocycles. The molecular formula is C29H32ClFN3NaO4. The Kier molecular flexibility index (Phi) is 11.1. The van der Waals surface area contributed by atoms with Gasteiger partial charge in [0.05, 0.1) is 11.1 Å². The van der Waals surface area contributed by atoms with Crippen molar-refractivity contribution in [3.8, 4) is 0 Å². The molecular weight excluding hydrogens is 532 g/mol. The molecule has 202 valence electrons. The summed E-state index contributed by atoms with van der Waals surface area (Å²) in [6, 6.07) is 11.1. The van der Waals surface area contributed by atoms with E-state index in [0.717, 1.165) is 56.9 Å². The number of amides is 2. The van der Waals surface area contributed by atoms with E-state index in [4.69, 9.17) is 16.6 Å². The Morgan fingerprint density at radius 1 is 1.15 bits per heavy atom. The van der Waals surface area contributed by atoms with Crippen LogP contribution in [0.3, 0.4) is 0 Å². The van der Waals surface area contributed by atoms with Gasteiger partial charge in [0.1, 0.15) is 17.2 Å². The number of halogens is 2. The summed E-state index contributed by atoms with van der Waals surface area (Å²) in [6.07, 6.45) is 6.81. The average molecular weight is 564 g/mol. The molecule has 2 aliphatic rings. The third-order valence-electron chi connectivity index (χ3n) is 7.35. The number of aliphatic carboxylic acids is 1. The smallest absolute Gasteiger partial charge is 0.550 e. The van der Waals surface area contributed by atoms with Gasteiger partial charge in [-0.15, -0.1) is 0 Å². The molecule has 1 aliphatic heterocycles. The first-order valence-corrected chi connectivity index (χ1v) is 13.6. The normalized spacial score (nSPS) is 16.9. The molecule has 0 radical (unpaired) electrons. The van der Waals surface area contributed by atoms with Gasteiger partial charge in [-0.3, -0.25) is 14.6 Å². The molecule has 0 unspecified atom stereocenters. The molecule has 1 spiro atoms. The fourth-order valence-electron chi connectivity index (χ4n) is 5.43. The molecule has 1 aliphatic carbocycles. The van der Waals surface area contributed by atoms with Crippen LogP contribution in [0.4, 0.5) is 4.39 Å². The van der Waals surface area contributed by atoms with E-state index in [-0.39, 0.29) is 65.4 Å². The molecule has 10 heteroatoms. The van der Waals surface area contributed by atoms with Crippen molar-refractivity contribution in [2.24, 2.45) is 4.99 Å². The number of aliphatic imine (C=N–C) groups is 1. The minimum absolute atomic E-state index is 0. The average Bonchev–Trinajstić information content (AvgIpc) is 3.17. The molecule has 0 bridgehead atoms.